The molecule has 1 rings (SSSR count). The molecular weight excluding hydrogens is 242 g/mol. The van der Waals surface area contributed by atoms with Crippen molar-refractivity contribution in [1.29, 1.82) is 0 Å². The third-order valence-corrected chi connectivity index (χ3v) is 2.49. The van der Waals surface area contributed by atoms with Gasteiger partial charge in [0.25, 0.3) is 5.91 Å². The molecule has 0 heterocycles. The topological polar surface area (TPSA) is 70.2 Å². The minimum absolute atomic E-state index is 0.0664. The molecule has 2 amide bonds. The Labute approximate surface area is 113 Å². The molecule has 0 radical (unpaired) electrons. The van der Waals surface area contributed by atoms with E-state index in [4.69, 9.17) is 0 Å². The maximum absolute atomic E-state index is 11.8. The zero-order chi connectivity index (χ0) is 14.1. The van der Waals surface area contributed by atoms with Gasteiger partial charge in [0.05, 0.1) is 6.54 Å². The monoisotopic (exact) mass is 263 g/mol. The van der Waals surface area contributed by atoms with Crippen molar-refractivity contribution in [3.63, 3.8) is 0 Å². The number of amides is 2. The molecule has 0 atom stereocenters. The fourth-order valence-corrected chi connectivity index (χ4v) is 1.55. The maximum Gasteiger partial charge on any atom is 0.251 e. The molecule has 0 bridgehead atoms. The van der Waals surface area contributed by atoms with Crippen LogP contribution in [0.5, 0.6) is 0 Å². The van der Waals surface area contributed by atoms with Crippen LogP contribution in [-0.2, 0) is 4.79 Å². The van der Waals surface area contributed by atoms with E-state index in [1.54, 1.807) is 18.2 Å². The van der Waals surface area contributed by atoms with Gasteiger partial charge in [-0.2, -0.15) is 0 Å². The molecule has 5 heteroatoms. The standard InChI is InChI=1S/C14H21N3O2/c1-3-8-16-14(19)11-6-5-7-12(9-11)17-10-13(18)15-4-2/h5-7,9,17H,3-4,8,10H2,1-2H3,(H,15,18)(H,16,19). The van der Waals surface area contributed by atoms with E-state index in [9.17, 15) is 9.59 Å². The lowest BCUT2D eigenvalue weighted by Gasteiger charge is -2.08. The van der Waals surface area contributed by atoms with Gasteiger partial charge in [-0.1, -0.05) is 13.0 Å². The molecule has 3 N–H and O–H groups in total. The summed E-state index contributed by atoms with van der Waals surface area (Å²) < 4.78 is 0. The van der Waals surface area contributed by atoms with Gasteiger partial charge in [-0.3, -0.25) is 9.59 Å². The third-order valence-electron chi connectivity index (χ3n) is 2.49. The zero-order valence-corrected chi connectivity index (χ0v) is 11.5. The van der Waals surface area contributed by atoms with Crippen molar-refractivity contribution in [2.45, 2.75) is 20.3 Å². The largest absolute Gasteiger partial charge is 0.376 e. The third kappa shape index (κ3) is 5.42. The summed E-state index contributed by atoms with van der Waals surface area (Å²) in [7, 11) is 0. The van der Waals surface area contributed by atoms with Crippen molar-refractivity contribution < 1.29 is 9.59 Å². The molecule has 0 fully saturated rings. The van der Waals surface area contributed by atoms with Crippen LogP contribution < -0.4 is 16.0 Å². The Morgan fingerprint density at radius 3 is 2.63 bits per heavy atom. The van der Waals surface area contributed by atoms with Gasteiger partial charge in [-0.25, -0.2) is 0 Å². The number of likely N-dealkylation sites (N-methyl/N-ethyl adjacent to an activating group) is 1. The van der Waals surface area contributed by atoms with E-state index in [2.05, 4.69) is 16.0 Å². The van der Waals surface area contributed by atoms with Crippen LogP contribution in [0.3, 0.4) is 0 Å². The number of nitrogens with one attached hydrogen (secondary N) is 3. The van der Waals surface area contributed by atoms with E-state index in [1.807, 2.05) is 19.9 Å². The first kappa shape index (κ1) is 15.0. The molecule has 5 nitrogen and oxygen atoms in total. The van der Waals surface area contributed by atoms with E-state index in [1.165, 1.54) is 0 Å². The van der Waals surface area contributed by atoms with Crippen molar-refractivity contribution in [2.24, 2.45) is 0 Å². The summed E-state index contributed by atoms with van der Waals surface area (Å²) in [5.74, 6) is -0.160. The first-order valence-corrected chi connectivity index (χ1v) is 6.56. The van der Waals surface area contributed by atoms with E-state index in [0.717, 1.165) is 12.1 Å². The highest BCUT2D eigenvalue weighted by atomic mass is 16.2. The first-order valence-electron chi connectivity index (χ1n) is 6.56. The molecule has 19 heavy (non-hydrogen) atoms. The smallest absolute Gasteiger partial charge is 0.251 e. The number of hydrogen-bond donors (Lipinski definition) is 3. The Morgan fingerprint density at radius 1 is 1.16 bits per heavy atom. The predicted molar refractivity (Wildman–Crippen MR) is 76.2 cm³/mol. The first-order chi connectivity index (χ1) is 9.17. The van der Waals surface area contributed by atoms with Crippen LogP contribution >= 0.6 is 0 Å². The Morgan fingerprint density at radius 2 is 1.95 bits per heavy atom. The van der Waals surface area contributed by atoms with Crippen molar-refractivity contribution in [3.8, 4) is 0 Å². The quantitative estimate of drug-likeness (QED) is 0.696. The van der Waals surface area contributed by atoms with Gasteiger partial charge in [0, 0.05) is 24.3 Å². The highest BCUT2D eigenvalue weighted by Gasteiger charge is 2.05. The second-order valence-corrected chi connectivity index (χ2v) is 4.14. The summed E-state index contributed by atoms with van der Waals surface area (Å²) in [6, 6.07) is 7.11. The molecule has 0 aliphatic heterocycles. The molecule has 0 saturated heterocycles. The number of carbonyl (C=O) groups excluding carboxylic acids is 2. The lowest BCUT2D eigenvalue weighted by Crippen LogP contribution is -2.29. The fourth-order valence-electron chi connectivity index (χ4n) is 1.55. The fraction of sp³-hybridized carbons (Fsp3) is 0.429. The number of anilines is 1. The summed E-state index contributed by atoms with van der Waals surface area (Å²) in [5, 5.41) is 8.50. The van der Waals surface area contributed by atoms with Gasteiger partial charge < -0.3 is 16.0 Å². The highest BCUT2D eigenvalue weighted by molar-refractivity contribution is 5.95. The summed E-state index contributed by atoms with van der Waals surface area (Å²) in [6.07, 6.45) is 0.904. The van der Waals surface area contributed by atoms with Gasteiger partial charge in [0.1, 0.15) is 0 Å². The summed E-state index contributed by atoms with van der Waals surface area (Å²) >= 11 is 0. The Kier molecular flexibility index (Phi) is 6.43. The molecule has 0 aliphatic carbocycles. The SMILES string of the molecule is CCCNC(=O)c1cccc(NCC(=O)NCC)c1. The Balaban J connectivity index is 2.56. The van der Waals surface area contributed by atoms with E-state index >= 15 is 0 Å². The summed E-state index contributed by atoms with van der Waals surface area (Å²) in [6.45, 7) is 5.35. The van der Waals surface area contributed by atoms with Crippen molar-refractivity contribution in [2.75, 3.05) is 25.0 Å². The number of benzene rings is 1. The molecule has 0 aliphatic rings. The lowest BCUT2D eigenvalue weighted by molar-refractivity contribution is -0.119. The van der Waals surface area contributed by atoms with Crippen molar-refractivity contribution >= 4 is 17.5 Å². The summed E-state index contributed by atoms with van der Waals surface area (Å²) in [4.78, 5) is 23.1. The van der Waals surface area contributed by atoms with Crippen LogP contribution in [0.15, 0.2) is 24.3 Å². The van der Waals surface area contributed by atoms with Crippen molar-refractivity contribution in [1.82, 2.24) is 10.6 Å². The average molecular weight is 263 g/mol. The Bertz CT molecular complexity index is 432. The minimum Gasteiger partial charge on any atom is -0.376 e. The van der Waals surface area contributed by atoms with Crippen LogP contribution in [0, 0.1) is 0 Å². The number of carbonyl (C=O) groups is 2. The van der Waals surface area contributed by atoms with Gasteiger partial charge in [0.2, 0.25) is 5.91 Å². The van der Waals surface area contributed by atoms with Crippen LogP contribution in [0.1, 0.15) is 30.6 Å². The van der Waals surface area contributed by atoms with E-state index in [-0.39, 0.29) is 18.4 Å². The normalized spacial score (nSPS) is 9.79. The van der Waals surface area contributed by atoms with Crippen LogP contribution in [0.4, 0.5) is 5.69 Å². The van der Waals surface area contributed by atoms with Crippen LogP contribution in [0.2, 0.25) is 0 Å². The van der Waals surface area contributed by atoms with E-state index < -0.39 is 0 Å². The molecule has 1 aromatic rings. The average Bonchev–Trinajstić information content (AvgIpc) is 2.43. The number of hydrogen-bond acceptors (Lipinski definition) is 3. The van der Waals surface area contributed by atoms with E-state index in [0.29, 0.717) is 18.7 Å². The second-order valence-electron chi connectivity index (χ2n) is 4.14. The highest BCUT2D eigenvalue weighted by Crippen LogP contribution is 2.10. The molecule has 0 aromatic heterocycles. The maximum atomic E-state index is 11.8. The van der Waals surface area contributed by atoms with Gasteiger partial charge in [-0.05, 0) is 31.5 Å². The number of rotatable bonds is 7. The van der Waals surface area contributed by atoms with Gasteiger partial charge in [-0.15, -0.1) is 0 Å². The Hall–Kier alpha value is -2.04. The predicted octanol–water partition coefficient (Wildman–Crippen LogP) is 1.37. The molecule has 104 valence electrons. The van der Waals surface area contributed by atoms with Crippen molar-refractivity contribution in [3.05, 3.63) is 29.8 Å². The molecule has 0 spiro atoms. The van der Waals surface area contributed by atoms with Gasteiger partial charge in [0.15, 0.2) is 0 Å². The molecule has 1 aromatic carbocycles. The summed E-state index contributed by atoms with van der Waals surface area (Å²) in [5.41, 5.74) is 1.35. The lowest BCUT2D eigenvalue weighted by atomic mass is 10.2. The van der Waals surface area contributed by atoms with Crippen LogP contribution in [-0.4, -0.2) is 31.4 Å². The minimum atomic E-state index is -0.0940. The molecule has 0 saturated carbocycles. The van der Waals surface area contributed by atoms with Crippen LogP contribution in [0.25, 0.3) is 0 Å². The van der Waals surface area contributed by atoms with Gasteiger partial charge >= 0.3 is 0 Å². The second kappa shape index (κ2) is 8.13. The zero-order valence-electron chi connectivity index (χ0n) is 11.5. The molecular formula is C14H21N3O2. The molecule has 0 unspecified atom stereocenters.